The van der Waals surface area contributed by atoms with Gasteiger partial charge in [0.05, 0.1) is 11.6 Å². The fraction of sp³-hybridized carbons (Fsp3) is 0.588. The minimum Gasteiger partial charge on any atom is -0.489 e. The molecule has 4 nitrogen and oxygen atoms in total. The van der Waals surface area contributed by atoms with Crippen molar-refractivity contribution in [3.63, 3.8) is 0 Å². The lowest BCUT2D eigenvalue weighted by Crippen LogP contribution is -2.18. The van der Waals surface area contributed by atoms with Crippen molar-refractivity contribution < 1.29 is 4.74 Å². The summed E-state index contributed by atoms with van der Waals surface area (Å²) in [6.07, 6.45) is 5.05. The number of rotatable bonds is 3. The van der Waals surface area contributed by atoms with Crippen molar-refractivity contribution in [2.24, 2.45) is 5.92 Å². The number of imidazole rings is 1. The fourth-order valence-electron chi connectivity index (χ4n) is 3.34. The SMILES string of the molecule is CC1CCC(n2c(N)nc3c(OC(C)C)cccc32)CC1. The molecule has 0 atom stereocenters. The number of para-hydroxylation sites is 1. The molecular weight excluding hydrogens is 262 g/mol. The van der Waals surface area contributed by atoms with Gasteiger partial charge in [0.15, 0.2) is 0 Å². The van der Waals surface area contributed by atoms with Crippen LogP contribution >= 0.6 is 0 Å². The van der Waals surface area contributed by atoms with Gasteiger partial charge in [-0.3, -0.25) is 0 Å². The van der Waals surface area contributed by atoms with E-state index < -0.39 is 0 Å². The van der Waals surface area contributed by atoms with Crippen LogP contribution in [0.2, 0.25) is 0 Å². The molecule has 0 radical (unpaired) electrons. The van der Waals surface area contributed by atoms with E-state index in [9.17, 15) is 0 Å². The number of fused-ring (bicyclic) bond motifs is 1. The van der Waals surface area contributed by atoms with E-state index in [4.69, 9.17) is 10.5 Å². The van der Waals surface area contributed by atoms with Crippen LogP contribution in [0.25, 0.3) is 11.0 Å². The molecule has 2 aromatic rings. The predicted octanol–water partition coefficient (Wildman–Crippen LogP) is 4.16. The quantitative estimate of drug-likeness (QED) is 0.922. The maximum absolute atomic E-state index is 6.21. The van der Waals surface area contributed by atoms with Crippen molar-refractivity contribution in [2.75, 3.05) is 5.73 Å². The molecule has 3 rings (SSSR count). The molecule has 0 saturated heterocycles. The molecule has 1 aliphatic rings. The smallest absolute Gasteiger partial charge is 0.201 e. The average Bonchev–Trinajstić information content (AvgIpc) is 2.77. The first-order chi connectivity index (χ1) is 10.1. The summed E-state index contributed by atoms with van der Waals surface area (Å²) in [5.74, 6) is 2.28. The number of ether oxygens (including phenoxy) is 1. The molecular formula is C17H25N3O. The largest absolute Gasteiger partial charge is 0.489 e. The summed E-state index contributed by atoms with van der Waals surface area (Å²) >= 11 is 0. The number of benzene rings is 1. The molecule has 21 heavy (non-hydrogen) atoms. The summed E-state index contributed by atoms with van der Waals surface area (Å²) in [6.45, 7) is 6.39. The van der Waals surface area contributed by atoms with Crippen molar-refractivity contribution in [2.45, 2.75) is 58.6 Å². The monoisotopic (exact) mass is 287 g/mol. The standard InChI is InChI=1S/C17H25N3O/c1-11(2)21-15-6-4-5-14-16(15)19-17(18)20(14)13-9-7-12(3)8-10-13/h4-6,11-13H,7-10H2,1-3H3,(H2,18,19). The first kappa shape index (κ1) is 14.2. The number of hydrogen-bond donors (Lipinski definition) is 1. The second-order valence-corrected chi connectivity index (χ2v) is 6.54. The molecule has 0 spiro atoms. The number of hydrogen-bond acceptors (Lipinski definition) is 3. The van der Waals surface area contributed by atoms with Gasteiger partial charge in [0.2, 0.25) is 5.95 Å². The topological polar surface area (TPSA) is 53.1 Å². The second kappa shape index (κ2) is 5.58. The minimum absolute atomic E-state index is 0.137. The van der Waals surface area contributed by atoms with Crippen LogP contribution in [-0.4, -0.2) is 15.7 Å². The van der Waals surface area contributed by atoms with Gasteiger partial charge in [-0.2, -0.15) is 0 Å². The van der Waals surface area contributed by atoms with Crippen molar-refractivity contribution in [3.8, 4) is 5.75 Å². The van der Waals surface area contributed by atoms with Gasteiger partial charge in [-0.15, -0.1) is 0 Å². The zero-order valence-corrected chi connectivity index (χ0v) is 13.2. The second-order valence-electron chi connectivity index (χ2n) is 6.54. The van der Waals surface area contributed by atoms with Gasteiger partial charge in [0.1, 0.15) is 11.3 Å². The summed E-state index contributed by atoms with van der Waals surface area (Å²) in [5.41, 5.74) is 8.21. The highest BCUT2D eigenvalue weighted by molar-refractivity contribution is 5.84. The first-order valence-electron chi connectivity index (χ1n) is 7.99. The molecule has 1 saturated carbocycles. The maximum atomic E-state index is 6.21. The molecule has 1 heterocycles. The Kier molecular flexibility index (Phi) is 3.79. The van der Waals surface area contributed by atoms with Crippen molar-refractivity contribution in [1.82, 2.24) is 9.55 Å². The number of aromatic nitrogens is 2. The Labute approximate surface area is 126 Å². The van der Waals surface area contributed by atoms with E-state index in [2.05, 4.69) is 22.5 Å². The van der Waals surface area contributed by atoms with Crippen LogP contribution in [0.1, 0.15) is 52.5 Å². The Balaban J connectivity index is 2.01. The highest BCUT2D eigenvalue weighted by Gasteiger charge is 2.24. The molecule has 4 heteroatoms. The lowest BCUT2D eigenvalue weighted by atomic mass is 9.87. The third-order valence-electron chi connectivity index (χ3n) is 4.42. The lowest BCUT2D eigenvalue weighted by Gasteiger charge is -2.28. The normalized spacial score (nSPS) is 22.9. The number of nitrogens with zero attached hydrogens (tertiary/aromatic N) is 2. The van der Waals surface area contributed by atoms with E-state index in [1.807, 2.05) is 26.0 Å². The average molecular weight is 287 g/mol. The van der Waals surface area contributed by atoms with E-state index >= 15 is 0 Å². The molecule has 1 aromatic carbocycles. The molecule has 0 aliphatic heterocycles. The Bertz CT molecular complexity index is 624. The molecule has 114 valence electrons. The predicted molar refractivity (Wildman–Crippen MR) is 86.6 cm³/mol. The van der Waals surface area contributed by atoms with Gasteiger partial charge >= 0.3 is 0 Å². The third kappa shape index (κ3) is 2.71. The zero-order valence-electron chi connectivity index (χ0n) is 13.2. The Morgan fingerprint density at radius 1 is 1.24 bits per heavy atom. The van der Waals surface area contributed by atoms with E-state index in [-0.39, 0.29) is 6.10 Å². The van der Waals surface area contributed by atoms with E-state index in [0.717, 1.165) is 22.7 Å². The Morgan fingerprint density at radius 2 is 1.95 bits per heavy atom. The first-order valence-corrected chi connectivity index (χ1v) is 7.99. The van der Waals surface area contributed by atoms with Crippen LogP contribution in [0.3, 0.4) is 0 Å². The Hall–Kier alpha value is -1.71. The maximum Gasteiger partial charge on any atom is 0.201 e. The summed E-state index contributed by atoms with van der Waals surface area (Å²) in [4.78, 5) is 4.58. The van der Waals surface area contributed by atoms with Crippen molar-refractivity contribution in [1.29, 1.82) is 0 Å². The Morgan fingerprint density at radius 3 is 2.62 bits per heavy atom. The summed E-state index contributed by atoms with van der Waals surface area (Å²) < 4.78 is 8.09. The van der Waals surface area contributed by atoms with E-state index in [1.165, 1.54) is 25.7 Å². The summed E-state index contributed by atoms with van der Waals surface area (Å²) in [7, 11) is 0. The molecule has 0 bridgehead atoms. The van der Waals surface area contributed by atoms with Gasteiger partial charge < -0.3 is 15.0 Å². The van der Waals surface area contributed by atoms with Crippen LogP contribution in [0.5, 0.6) is 5.75 Å². The number of nitrogens with two attached hydrogens (primary N) is 1. The summed E-state index contributed by atoms with van der Waals surface area (Å²) in [6, 6.07) is 6.58. The van der Waals surface area contributed by atoms with Gasteiger partial charge in [0.25, 0.3) is 0 Å². The fourth-order valence-corrected chi connectivity index (χ4v) is 3.34. The third-order valence-corrected chi connectivity index (χ3v) is 4.42. The van der Waals surface area contributed by atoms with Crippen LogP contribution in [0, 0.1) is 5.92 Å². The highest BCUT2D eigenvalue weighted by Crippen LogP contribution is 2.37. The minimum atomic E-state index is 0.137. The highest BCUT2D eigenvalue weighted by atomic mass is 16.5. The molecule has 1 aliphatic carbocycles. The number of nitrogen functional groups attached to an aromatic ring is 1. The zero-order chi connectivity index (χ0) is 15.0. The van der Waals surface area contributed by atoms with Crippen LogP contribution in [0.15, 0.2) is 18.2 Å². The van der Waals surface area contributed by atoms with Crippen LogP contribution in [0.4, 0.5) is 5.95 Å². The van der Waals surface area contributed by atoms with Gasteiger partial charge in [-0.1, -0.05) is 13.0 Å². The molecule has 2 N–H and O–H groups in total. The lowest BCUT2D eigenvalue weighted by molar-refractivity contribution is 0.245. The number of anilines is 1. The molecule has 1 fully saturated rings. The van der Waals surface area contributed by atoms with Crippen molar-refractivity contribution >= 4 is 17.0 Å². The van der Waals surface area contributed by atoms with E-state index in [1.54, 1.807) is 0 Å². The van der Waals surface area contributed by atoms with Gasteiger partial charge in [-0.25, -0.2) is 4.98 Å². The molecule has 1 aromatic heterocycles. The van der Waals surface area contributed by atoms with Crippen LogP contribution < -0.4 is 10.5 Å². The van der Waals surface area contributed by atoms with Crippen LogP contribution in [-0.2, 0) is 0 Å². The van der Waals surface area contributed by atoms with Gasteiger partial charge in [0, 0.05) is 6.04 Å². The molecule has 0 amide bonds. The van der Waals surface area contributed by atoms with Crippen molar-refractivity contribution in [3.05, 3.63) is 18.2 Å². The summed E-state index contributed by atoms with van der Waals surface area (Å²) in [5, 5.41) is 0. The van der Waals surface area contributed by atoms with E-state index in [0.29, 0.717) is 12.0 Å². The van der Waals surface area contributed by atoms with Gasteiger partial charge in [-0.05, 0) is 57.6 Å². The molecule has 0 unspecified atom stereocenters.